The fourth-order valence-electron chi connectivity index (χ4n) is 3.21. The predicted octanol–water partition coefficient (Wildman–Crippen LogP) is 4.34. The average molecular weight is 323 g/mol. The fourth-order valence-corrected chi connectivity index (χ4v) is 3.21. The number of rotatable bonds is 3. The molecule has 0 spiro atoms. The summed E-state index contributed by atoms with van der Waals surface area (Å²) in [7, 11) is 0. The van der Waals surface area contributed by atoms with Gasteiger partial charge in [-0.3, -0.25) is 4.79 Å². The van der Waals surface area contributed by atoms with Crippen LogP contribution < -0.4 is 9.64 Å². The monoisotopic (exact) mass is 323 g/mol. The Labute approximate surface area is 144 Å². The Morgan fingerprint density at radius 2 is 1.92 bits per heavy atom. The number of carbonyl (C=O) groups excluding carboxylic acids is 1. The second-order valence-corrected chi connectivity index (χ2v) is 7.51. The zero-order valence-corrected chi connectivity index (χ0v) is 14.9. The first-order valence-electron chi connectivity index (χ1n) is 8.49. The molecular formula is C21H25NO2. The minimum atomic E-state index is 0.00797. The Bertz CT molecular complexity index is 745. The SMILES string of the molecule is CC1Cc2ccccc2N1C(=O)COc1cccc(C(C)(C)C)c1. The van der Waals surface area contributed by atoms with Crippen molar-refractivity contribution in [3.63, 3.8) is 0 Å². The lowest BCUT2D eigenvalue weighted by atomic mass is 9.87. The van der Waals surface area contributed by atoms with Crippen molar-refractivity contribution in [2.45, 2.75) is 45.6 Å². The van der Waals surface area contributed by atoms with Crippen LogP contribution in [0.15, 0.2) is 48.5 Å². The minimum Gasteiger partial charge on any atom is -0.484 e. The molecule has 0 aliphatic carbocycles. The lowest BCUT2D eigenvalue weighted by molar-refractivity contribution is -0.120. The molecule has 0 N–H and O–H groups in total. The van der Waals surface area contributed by atoms with Gasteiger partial charge in [-0.15, -0.1) is 0 Å². The van der Waals surface area contributed by atoms with E-state index in [1.54, 1.807) is 0 Å². The molecule has 1 aliphatic heterocycles. The molecular weight excluding hydrogens is 298 g/mol. The molecule has 0 bridgehead atoms. The van der Waals surface area contributed by atoms with Crippen molar-refractivity contribution in [2.24, 2.45) is 0 Å². The molecule has 3 rings (SSSR count). The number of fused-ring (bicyclic) bond motifs is 1. The molecule has 1 amide bonds. The highest BCUT2D eigenvalue weighted by atomic mass is 16.5. The molecule has 0 radical (unpaired) electrons. The number of hydrogen-bond donors (Lipinski definition) is 0. The van der Waals surface area contributed by atoms with Gasteiger partial charge in [-0.2, -0.15) is 0 Å². The van der Waals surface area contributed by atoms with E-state index in [0.29, 0.717) is 0 Å². The van der Waals surface area contributed by atoms with Crippen LogP contribution in [0, 0.1) is 0 Å². The summed E-state index contributed by atoms with van der Waals surface area (Å²) in [6.45, 7) is 8.64. The van der Waals surface area contributed by atoms with Crippen LogP contribution in [0.3, 0.4) is 0 Å². The summed E-state index contributed by atoms with van der Waals surface area (Å²) >= 11 is 0. The number of hydrogen-bond acceptors (Lipinski definition) is 2. The minimum absolute atomic E-state index is 0.00797. The Morgan fingerprint density at radius 3 is 2.67 bits per heavy atom. The zero-order chi connectivity index (χ0) is 17.3. The third-order valence-corrected chi connectivity index (χ3v) is 4.54. The first kappa shape index (κ1) is 16.6. The van der Waals surface area contributed by atoms with Gasteiger partial charge in [0.15, 0.2) is 6.61 Å². The summed E-state index contributed by atoms with van der Waals surface area (Å²) in [6, 6.07) is 16.3. The first-order chi connectivity index (χ1) is 11.4. The molecule has 0 saturated heterocycles. The van der Waals surface area contributed by atoms with Gasteiger partial charge in [0.25, 0.3) is 5.91 Å². The molecule has 1 heterocycles. The number of para-hydroxylation sites is 1. The van der Waals surface area contributed by atoms with Crippen molar-refractivity contribution in [1.82, 2.24) is 0 Å². The van der Waals surface area contributed by atoms with Crippen molar-refractivity contribution in [1.29, 1.82) is 0 Å². The largest absolute Gasteiger partial charge is 0.484 e. The van der Waals surface area contributed by atoms with E-state index in [9.17, 15) is 4.79 Å². The zero-order valence-electron chi connectivity index (χ0n) is 14.9. The Morgan fingerprint density at radius 1 is 1.17 bits per heavy atom. The van der Waals surface area contributed by atoms with Crippen LogP contribution in [-0.2, 0) is 16.6 Å². The number of nitrogens with zero attached hydrogens (tertiary/aromatic N) is 1. The maximum Gasteiger partial charge on any atom is 0.265 e. The third-order valence-electron chi connectivity index (χ3n) is 4.54. The van der Waals surface area contributed by atoms with Gasteiger partial charge in [0.1, 0.15) is 5.75 Å². The molecule has 126 valence electrons. The molecule has 2 aromatic carbocycles. The molecule has 3 nitrogen and oxygen atoms in total. The van der Waals surface area contributed by atoms with Crippen LogP contribution in [0.5, 0.6) is 5.75 Å². The Balaban J connectivity index is 1.71. The Kier molecular flexibility index (Phi) is 4.35. The van der Waals surface area contributed by atoms with E-state index in [1.165, 1.54) is 11.1 Å². The van der Waals surface area contributed by atoms with Gasteiger partial charge in [-0.25, -0.2) is 0 Å². The van der Waals surface area contributed by atoms with Crippen LogP contribution in [-0.4, -0.2) is 18.6 Å². The van der Waals surface area contributed by atoms with E-state index in [2.05, 4.69) is 39.8 Å². The molecule has 1 atom stereocenters. The smallest absolute Gasteiger partial charge is 0.265 e. The highest BCUT2D eigenvalue weighted by Crippen LogP contribution is 2.32. The quantitative estimate of drug-likeness (QED) is 0.841. The second-order valence-electron chi connectivity index (χ2n) is 7.51. The summed E-state index contributed by atoms with van der Waals surface area (Å²) in [5, 5.41) is 0. The van der Waals surface area contributed by atoms with E-state index in [1.807, 2.05) is 41.3 Å². The van der Waals surface area contributed by atoms with E-state index in [-0.39, 0.29) is 24.0 Å². The maximum atomic E-state index is 12.7. The summed E-state index contributed by atoms with van der Waals surface area (Å²) in [5.41, 5.74) is 3.51. The first-order valence-corrected chi connectivity index (χ1v) is 8.49. The average Bonchev–Trinajstić information content (AvgIpc) is 2.88. The maximum absolute atomic E-state index is 12.7. The van der Waals surface area contributed by atoms with Gasteiger partial charge < -0.3 is 9.64 Å². The van der Waals surface area contributed by atoms with Crippen molar-refractivity contribution in [3.8, 4) is 5.75 Å². The number of benzene rings is 2. The van der Waals surface area contributed by atoms with Crippen molar-refractivity contribution in [3.05, 3.63) is 59.7 Å². The van der Waals surface area contributed by atoms with Crippen LogP contribution in [0.2, 0.25) is 0 Å². The third kappa shape index (κ3) is 3.30. The van der Waals surface area contributed by atoms with Gasteiger partial charge in [0.2, 0.25) is 0 Å². The van der Waals surface area contributed by atoms with Crippen molar-refractivity contribution >= 4 is 11.6 Å². The summed E-state index contributed by atoms with van der Waals surface area (Å²) in [4.78, 5) is 14.5. The van der Waals surface area contributed by atoms with Crippen LogP contribution in [0.25, 0.3) is 0 Å². The van der Waals surface area contributed by atoms with Gasteiger partial charge in [-0.05, 0) is 48.1 Å². The van der Waals surface area contributed by atoms with E-state index < -0.39 is 0 Å². The van der Waals surface area contributed by atoms with Gasteiger partial charge in [-0.1, -0.05) is 51.1 Å². The summed E-state index contributed by atoms with van der Waals surface area (Å²) in [5.74, 6) is 0.754. The summed E-state index contributed by atoms with van der Waals surface area (Å²) in [6.07, 6.45) is 0.904. The van der Waals surface area contributed by atoms with Crippen LogP contribution in [0.1, 0.15) is 38.8 Å². The molecule has 0 aromatic heterocycles. The number of amides is 1. The standard InChI is InChI=1S/C21H25NO2/c1-15-12-16-8-5-6-11-19(16)22(15)20(23)14-24-18-10-7-9-17(13-18)21(2,3)4/h5-11,13,15H,12,14H2,1-4H3. The van der Waals surface area contributed by atoms with Crippen molar-refractivity contribution in [2.75, 3.05) is 11.5 Å². The fraction of sp³-hybridized carbons (Fsp3) is 0.381. The Hall–Kier alpha value is -2.29. The van der Waals surface area contributed by atoms with E-state index in [4.69, 9.17) is 4.74 Å². The van der Waals surface area contributed by atoms with Gasteiger partial charge in [0, 0.05) is 11.7 Å². The molecule has 24 heavy (non-hydrogen) atoms. The number of anilines is 1. The number of carbonyl (C=O) groups is 1. The normalized spacial score (nSPS) is 16.8. The van der Waals surface area contributed by atoms with E-state index in [0.717, 1.165) is 17.9 Å². The molecule has 1 aliphatic rings. The molecule has 0 saturated carbocycles. The number of ether oxygens (including phenoxy) is 1. The molecule has 3 heteroatoms. The van der Waals surface area contributed by atoms with E-state index >= 15 is 0 Å². The molecule has 2 aromatic rings. The second kappa shape index (κ2) is 6.31. The van der Waals surface area contributed by atoms with Crippen LogP contribution in [0.4, 0.5) is 5.69 Å². The predicted molar refractivity (Wildman–Crippen MR) is 97.7 cm³/mol. The highest BCUT2D eigenvalue weighted by Gasteiger charge is 2.30. The lowest BCUT2D eigenvalue weighted by Gasteiger charge is -2.23. The topological polar surface area (TPSA) is 29.5 Å². The van der Waals surface area contributed by atoms with Gasteiger partial charge >= 0.3 is 0 Å². The van der Waals surface area contributed by atoms with Crippen LogP contribution >= 0.6 is 0 Å². The highest BCUT2D eigenvalue weighted by molar-refractivity contribution is 5.97. The van der Waals surface area contributed by atoms with Crippen molar-refractivity contribution < 1.29 is 9.53 Å². The van der Waals surface area contributed by atoms with Gasteiger partial charge in [0.05, 0.1) is 0 Å². The molecule has 1 unspecified atom stereocenters. The summed E-state index contributed by atoms with van der Waals surface area (Å²) < 4.78 is 5.79. The lowest BCUT2D eigenvalue weighted by Crippen LogP contribution is -2.39. The molecule has 0 fully saturated rings.